The fraction of sp³-hybridized carbons (Fsp3) is 0.500. The van der Waals surface area contributed by atoms with Crippen molar-refractivity contribution in [1.82, 2.24) is 4.90 Å². The standard InChI is InChI=1S/C12H15BrFNO/c1-16-9-5-6-15(7-9)8-10-11(13)3-2-4-12(10)14/h2-4,9H,5-8H2,1H3/t9-/m1/s1. The number of likely N-dealkylation sites (tertiary alicyclic amines) is 1. The van der Waals surface area contributed by atoms with Gasteiger partial charge in [0.1, 0.15) is 5.82 Å². The molecule has 16 heavy (non-hydrogen) atoms. The molecule has 0 spiro atoms. The molecule has 2 nitrogen and oxygen atoms in total. The van der Waals surface area contributed by atoms with Gasteiger partial charge >= 0.3 is 0 Å². The zero-order valence-corrected chi connectivity index (χ0v) is 10.8. The van der Waals surface area contributed by atoms with Crippen molar-refractivity contribution in [2.75, 3.05) is 20.2 Å². The van der Waals surface area contributed by atoms with E-state index in [1.807, 2.05) is 6.07 Å². The predicted octanol–water partition coefficient (Wildman–Crippen LogP) is 2.81. The maximum Gasteiger partial charge on any atom is 0.128 e. The van der Waals surface area contributed by atoms with Crippen molar-refractivity contribution < 1.29 is 9.13 Å². The molecule has 0 amide bonds. The minimum absolute atomic E-state index is 0.143. The van der Waals surface area contributed by atoms with E-state index in [2.05, 4.69) is 20.8 Å². The first-order chi connectivity index (χ1) is 7.70. The third-order valence-corrected chi connectivity index (χ3v) is 3.75. The highest BCUT2D eigenvalue weighted by Gasteiger charge is 2.23. The van der Waals surface area contributed by atoms with Crippen LogP contribution in [0.15, 0.2) is 22.7 Å². The molecule has 0 unspecified atom stereocenters. The van der Waals surface area contributed by atoms with E-state index in [1.54, 1.807) is 13.2 Å². The van der Waals surface area contributed by atoms with Crippen molar-refractivity contribution in [1.29, 1.82) is 0 Å². The molecule has 0 bridgehead atoms. The van der Waals surface area contributed by atoms with E-state index in [0.29, 0.717) is 12.6 Å². The molecule has 1 heterocycles. The Morgan fingerprint density at radius 1 is 1.56 bits per heavy atom. The molecule has 0 saturated carbocycles. The van der Waals surface area contributed by atoms with E-state index >= 15 is 0 Å². The van der Waals surface area contributed by atoms with Crippen LogP contribution in [0.3, 0.4) is 0 Å². The number of methoxy groups -OCH3 is 1. The summed E-state index contributed by atoms with van der Waals surface area (Å²) in [6.07, 6.45) is 1.33. The van der Waals surface area contributed by atoms with Crippen LogP contribution < -0.4 is 0 Å². The summed E-state index contributed by atoms with van der Waals surface area (Å²) < 4.78 is 19.7. The van der Waals surface area contributed by atoms with Gasteiger partial charge < -0.3 is 4.74 Å². The van der Waals surface area contributed by atoms with Crippen LogP contribution in [0.5, 0.6) is 0 Å². The van der Waals surface area contributed by atoms with Crippen LogP contribution in [0.25, 0.3) is 0 Å². The van der Waals surface area contributed by atoms with Crippen LogP contribution in [0.1, 0.15) is 12.0 Å². The maximum absolute atomic E-state index is 13.6. The van der Waals surface area contributed by atoms with E-state index in [9.17, 15) is 4.39 Å². The van der Waals surface area contributed by atoms with Crippen LogP contribution in [0.2, 0.25) is 0 Å². The first-order valence-corrected chi connectivity index (χ1v) is 6.18. The number of halogens is 2. The van der Waals surface area contributed by atoms with Gasteiger partial charge in [0.2, 0.25) is 0 Å². The highest BCUT2D eigenvalue weighted by molar-refractivity contribution is 9.10. The minimum Gasteiger partial charge on any atom is -0.380 e. The minimum atomic E-state index is -0.143. The third-order valence-electron chi connectivity index (χ3n) is 3.01. The van der Waals surface area contributed by atoms with Gasteiger partial charge in [0.15, 0.2) is 0 Å². The quantitative estimate of drug-likeness (QED) is 0.848. The van der Waals surface area contributed by atoms with Crippen LogP contribution in [0.4, 0.5) is 4.39 Å². The number of hydrogen-bond acceptors (Lipinski definition) is 2. The highest BCUT2D eigenvalue weighted by Crippen LogP contribution is 2.23. The molecule has 0 aliphatic carbocycles. The van der Waals surface area contributed by atoms with Gasteiger partial charge in [0.25, 0.3) is 0 Å². The second-order valence-electron chi connectivity index (χ2n) is 4.08. The molecule has 1 aliphatic rings. The lowest BCUT2D eigenvalue weighted by Gasteiger charge is -2.17. The zero-order chi connectivity index (χ0) is 11.5. The summed E-state index contributed by atoms with van der Waals surface area (Å²) in [7, 11) is 1.73. The molecule has 2 rings (SSSR count). The van der Waals surface area contributed by atoms with Crippen LogP contribution in [-0.2, 0) is 11.3 Å². The van der Waals surface area contributed by atoms with Crippen molar-refractivity contribution in [3.63, 3.8) is 0 Å². The third kappa shape index (κ3) is 2.62. The Morgan fingerprint density at radius 2 is 2.38 bits per heavy atom. The van der Waals surface area contributed by atoms with Gasteiger partial charge in [-0.25, -0.2) is 4.39 Å². The SMILES string of the molecule is CO[C@@H]1CCN(Cc2c(F)cccc2Br)C1. The summed E-state index contributed by atoms with van der Waals surface area (Å²) in [5.41, 5.74) is 0.735. The highest BCUT2D eigenvalue weighted by atomic mass is 79.9. The second-order valence-corrected chi connectivity index (χ2v) is 4.94. The predicted molar refractivity (Wildman–Crippen MR) is 64.8 cm³/mol. The molecule has 1 aromatic carbocycles. The molecule has 4 heteroatoms. The molecular formula is C12H15BrFNO. The van der Waals surface area contributed by atoms with Gasteiger partial charge in [-0.3, -0.25) is 4.90 Å². The van der Waals surface area contributed by atoms with Crippen molar-refractivity contribution in [3.05, 3.63) is 34.1 Å². The van der Waals surface area contributed by atoms with Crippen molar-refractivity contribution in [2.45, 2.75) is 19.1 Å². The van der Waals surface area contributed by atoms with Gasteiger partial charge in [-0.05, 0) is 18.6 Å². The van der Waals surface area contributed by atoms with Crippen molar-refractivity contribution in [3.8, 4) is 0 Å². The first-order valence-electron chi connectivity index (χ1n) is 5.38. The maximum atomic E-state index is 13.6. The molecular weight excluding hydrogens is 273 g/mol. The molecule has 0 N–H and O–H groups in total. The molecule has 88 valence electrons. The largest absolute Gasteiger partial charge is 0.380 e. The summed E-state index contributed by atoms with van der Waals surface area (Å²) in [6.45, 7) is 2.50. The average molecular weight is 288 g/mol. The molecule has 1 fully saturated rings. The topological polar surface area (TPSA) is 12.5 Å². The molecule has 1 saturated heterocycles. The summed E-state index contributed by atoms with van der Waals surface area (Å²) in [5.74, 6) is -0.143. The fourth-order valence-corrected chi connectivity index (χ4v) is 2.51. The smallest absolute Gasteiger partial charge is 0.128 e. The van der Waals surface area contributed by atoms with E-state index in [4.69, 9.17) is 4.74 Å². The van der Waals surface area contributed by atoms with Gasteiger partial charge in [-0.1, -0.05) is 22.0 Å². The number of rotatable bonds is 3. The Balaban J connectivity index is 2.04. The molecule has 1 atom stereocenters. The summed E-state index contributed by atoms with van der Waals surface area (Å²) in [6, 6.07) is 5.09. The molecule has 0 aromatic heterocycles. The summed E-state index contributed by atoms with van der Waals surface area (Å²) in [5, 5.41) is 0. The average Bonchev–Trinajstić information content (AvgIpc) is 2.71. The fourth-order valence-electron chi connectivity index (χ4n) is 2.04. The zero-order valence-electron chi connectivity index (χ0n) is 9.25. The molecule has 0 radical (unpaired) electrons. The Bertz CT molecular complexity index is 352. The summed E-state index contributed by atoms with van der Waals surface area (Å²) in [4.78, 5) is 2.22. The van der Waals surface area contributed by atoms with E-state index in [0.717, 1.165) is 29.5 Å². The van der Waals surface area contributed by atoms with Gasteiger partial charge in [-0.15, -0.1) is 0 Å². The van der Waals surface area contributed by atoms with Crippen LogP contribution >= 0.6 is 15.9 Å². The lowest BCUT2D eigenvalue weighted by molar-refractivity contribution is 0.107. The van der Waals surface area contributed by atoms with E-state index in [1.165, 1.54) is 6.07 Å². The first kappa shape index (κ1) is 12.0. The Morgan fingerprint density at radius 3 is 3.00 bits per heavy atom. The van der Waals surface area contributed by atoms with E-state index < -0.39 is 0 Å². The van der Waals surface area contributed by atoms with E-state index in [-0.39, 0.29) is 5.82 Å². The Labute approximate surface area is 104 Å². The van der Waals surface area contributed by atoms with Gasteiger partial charge in [-0.2, -0.15) is 0 Å². The number of ether oxygens (including phenoxy) is 1. The monoisotopic (exact) mass is 287 g/mol. The van der Waals surface area contributed by atoms with Crippen LogP contribution in [-0.4, -0.2) is 31.2 Å². The number of hydrogen-bond donors (Lipinski definition) is 0. The number of nitrogens with zero attached hydrogens (tertiary/aromatic N) is 1. The van der Waals surface area contributed by atoms with Crippen molar-refractivity contribution in [2.24, 2.45) is 0 Å². The van der Waals surface area contributed by atoms with Gasteiger partial charge in [0.05, 0.1) is 6.10 Å². The molecule has 1 aromatic rings. The molecule has 1 aliphatic heterocycles. The lowest BCUT2D eigenvalue weighted by Crippen LogP contribution is -2.23. The van der Waals surface area contributed by atoms with Crippen molar-refractivity contribution >= 4 is 15.9 Å². The van der Waals surface area contributed by atoms with Gasteiger partial charge in [0, 0.05) is 36.8 Å². The summed E-state index contributed by atoms with van der Waals surface area (Å²) >= 11 is 3.39. The van der Waals surface area contributed by atoms with Crippen LogP contribution in [0, 0.1) is 5.82 Å². The second kappa shape index (κ2) is 5.25. The lowest BCUT2D eigenvalue weighted by atomic mass is 10.2. The normalized spacial score (nSPS) is 21.6. The Kier molecular flexibility index (Phi) is 3.95. The Hall–Kier alpha value is -0.450. The number of benzene rings is 1.